The molecule has 0 aliphatic carbocycles. The van der Waals surface area contributed by atoms with Gasteiger partial charge in [0, 0.05) is 24.0 Å². The molecule has 0 atom stereocenters. The Kier molecular flexibility index (Phi) is 4.37. The third-order valence-electron chi connectivity index (χ3n) is 2.80. The van der Waals surface area contributed by atoms with Crippen LogP contribution in [0, 0.1) is 6.92 Å². The van der Waals surface area contributed by atoms with Gasteiger partial charge in [-0.2, -0.15) is 0 Å². The Morgan fingerprint density at radius 3 is 2.63 bits per heavy atom. The van der Waals surface area contributed by atoms with Crippen LogP contribution in [0.4, 0.5) is 17.3 Å². The predicted molar refractivity (Wildman–Crippen MR) is 83.1 cm³/mol. The van der Waals surface area contributed by atoms with Crippen LogP contribution in [0.25, 0.3) is 0 Å². The molecule has 0 amide bonds. The number of hydrogen-bond acceptors (Lipinski definition) is 4. The topological polar surface area (TPSA) is 49.8 Å². The molecule has 1 aromatic heterocycles. The van der Waals surface area contributed by atoms with Crippen LogP contribution in [0.3, 0.4) is 0 Å². The minimum Gasteiger partial charge on any atom is -0.373 e. The smallest absolute Gasteiger partial charge is 0.136 e. The average Bonchev–Trinajstić information content (AvgIpc) is 2.43. The second-order valence-electron chi connectivity index (χ2n) is 4.22. The maximum atomic E-state index is 4.48. The van der Waals surface area contributed by atoms with Gasteiger partial charge in [0.25, 0.3) is 0 Å². The highest BCUT2D eigenvalue weighted by molar-refractivity contribution is 9.10. The summed E-state index contributed by atoms with van der Waals surface area (Å²) in [6, 6.07) is 7.99. The number of nitrogens with zero attached hydrogens (tertiary/aromatic N) is 2. The largest absolute Gasteiger partial charge is 0.373 e. The van der Waals surface area contributed by atoms with Crippen molar-refractivity contribution in [1.82, 2.24) is 9.97 Å². The van der Waals surface area contributed by atoms with E-state index in [1.807, 2.05) is 32.2 Å². The minimum atomic E-state index is 0.794. The highest BCUT2D eigenvalue weighted by Crippen LogP contribution is 2.28. The maximum absolute atomic E-state index is 4.48. The molecule has 2 aromatic rings. The van der Waals surface area contributed by atoms with Gasteiger partial charge in [-0.25, -0.2) is 9.97 Å². The summed E-state index contributed by atoms with van der Waals surface area (Å²) in [4.78, 5) is 8.86. The molecule has 0 bridgehead atoms. The van der Waals surface area contributed by atoms with Crippen LogP contribution in [0.2, 0.25) is 0 Å². The summed E-state index contributed by atoms with van der Waals surface area (Å²) in [5, 5.41) is 6.38. The lowest BCUT2D eigenvalue weighted by Crippen LogP contribution is -2.03. The van der Waals surface area contributed by atoms with Gasteiger partial charge < -0.3 is 10.6 Å². The summed E-state index contributed by atoms with van der Waals surface area (Å²) in [7, 11) is 1.86. The SMILES string of the molecule is CCc1nc(NC)cc(Nc2cccc(C)c2Br)n1. The molecule has 5 heteroatoms. The molecule has 1 aromatic carbocycles. The van der Waals surface area contributed by atoms with Crippen LogP contribution in [0.1, 0.15) is 18.3 Å². The Morgan fingerprint density at radius 2 is 1.95 bits per heavy atom. The zero-order valence-electron chi connectivity index (χ0n) is 11.3. The maximum Gasteiger partial charge on any atom is 0.136 e. The van der Waals surface area contributed by atoms with Crippen LogP contribution in [0.15, 0.2) is 28.7 Å². The van der Waals surface area contributed by atoms with Crippen LogP contribution in [-0.2, 0) is 6.42 Å². The van der Waals surface area contributed by atoms with E-state index in [2.05, 4.69) is 49.5 Å². The molecule has 2 N–H and O–H groups in total. The summed E-state index contributed by atoms with van der Waals surface area (Å²) in [6.07, 6.45) is 0.805. The van der Waals surface area contributed by atoms with Crippen LogP contribution >= 0.6 is 15.9 Å². The van der Waals surface area contributed by atoms with Gasteiger partial charge >= 0.3 is 0 Å². The van der Waals surface area contributed by atoms with E-state index in [0.29, 0.717) is 0 Å². The summed E-state index contributed by atoms with van der Waals surface area (Å²) < 4.78 is 1.05. The molecule has 0 spiro atoms. The standard InChI is InChI=1S/C14H17BrN4/c1-4-11-18-12(16-3)8-13(19-11)17-10-7-5-6-9(2)14(10)15/h5-8H,4H2,1-3H3,(H2,16,17,18,19). The van der Waals surface area contributed by atoms with E-state index in [0.717, 1.165) is 34.0 Å². The Bertz CT molecular complexity index is 561. The third kappa shape index (κ3) is 3.23. The van der Waals surface area contributed by atoms with E-state index in [1.54, 1.807) is 0 Å². The number of aryl methyl sites for hydroxylation is 2. The van der Waals surface area contributed by atoms with Gasteiger partial charge in [0.15, 0.2) is 0 Å². The third-order valence-corrected chi connectivity index (χ3v) is 3.85. The fraction of sp³-hybridized carbons (Fsp3) is 0.286. The molecule has 2 rings (SSSR count). The van der Waals surface area contributed by atoms with Crippen LogP contribution < -0.4 is 10.6 Å². The van der Waals surface area contributed by atoms with Crippen LogP contribution in [0.5, 0.6) is 0 Å². The van der Waals surface area contributed by atoms with Gasteiger partial charge in [0.1, 0.15) is 17.5 Å². The van der Waals surface area contributed by atoms with Gasteiger partial charge in [-0.05, 0) is 34.5 Å². The lowest BCUT2D eigenvalue weighted by molar-refractivity contribution is 0.944. The van der Waals surface area contributed by atoms with Crippen molar-refractivity contribution in [2.24, 2.45) is 0 Å². The lowest BCUT2D eigenvalue weighted by atomic mass is 10.2. The molecule has 0 aliphatic heterocycles. The molecule has 0 saturated heterocycles. The molecule has 100 valence electrons. The van der Waals surface area contributed by atoms with Crippen molar-refractivity contribution in [3.05, 3.63) is 40.1 Å². The fourth-order valence-electron chi connectivity index (χ4n) is 1.73. The van der Waals surface area contributed by atoms with E-state index < -0.39 is 0 Å². The highest BCUT2D eigenvalue weighted by atomic mass is 79.9. The van der Waals surface area contributed by atoms with E-state index in [4.69, 9.17) is 0 Å². The van der Waals surface area contributed by atoms with Crippen molar-refractivity contribution in [2.45, 2.75) is 20.3 Å². The summed E-state index contributed by atoms with van der Waals surface area (Å²) in [6.45, 7) is 4.10. The minimum absolute atomic E-state index is 0.794. The Hall–Kier alpha value is -1.62. The van der Waals surface area contributed by atoms with E-state index >= 15 is 0 Å². The lowest BCUT2D eigenvalue weighted by Gasteiger charge is -2.11. The average molecular weight is 321 g/mol. The molecule has 0 radical (unpaired) electrons. The summed E-state index contributed by atoms with van der Waals surface area (Å²) in [5.74, 6) is 2.43. The van der Waals surface area contributed by atoms with Crippen molar-refractivity contribution in [2.75, 3.05) is 17.7 Å². The second-order valence-corrected chi connectivity index (χ2v) is 5.01. The number of nitrogens with one attached hydrogen (secondary N) is 2. The van der Waals surface area contributed by atoms with Crippen LogP contribution in [-0.4, -0.2) is 17.0 Å². The van der Waals surface area contributed by atoms with Crippen molar-refractivity contribution >= 4 is 33.3 Å². The van der Waals surface area contributed by atoms with Gasteiger partial charge in [-0.15, -0.1) is 0 Å². The quantitative estimate of drug-likeness (QED) is 0.897. The molecule has 0 unspecified atom stereocenters. The van der Waals surface area contributed by atoms with Gasteiger partial charge in [-0.3, -0.25) is 0 Å². The first-order valence-corrected chi connectivity index (χ1v) is 7.01. The fourth-order valence-corrected chi connectivity index (χ4v) is 2.09. The first-order chi connectivity index (χ1) is 9.13. The van der Waals surface area contributed by atoms with Gasteiger partial charge in [0.05, 0.1) is 5.69 Å². The number of anilines is 3. The first-order valence-electron chi connectivity index (χ1n) is 6.22. The molecule has 4 nitrogen and oxygen atoms in total. The van der Waals surface area contributed by atoms with Crippen molar-refractivity contribution in [3.8, 4) is 0 Å². The molecular weight excluding hydrogens is 304 g/mol. The van der Waals surface area contributed by atoms with E-state index in [1.165, 1.54) is 5.56 Å². The monoisotopic (exact) mass is 320 g/mol. The molecule has 0 aliphatic rings. The summed E-state index contributed by atoms with van der Waals surface area (Å²) in [5.41, 5.74) is 2.19. The molecule has 0 fully saturated rings. The zero-order valence-corrected chi connectivity index (χ0v) is 12.9. The molecular formula is C14H17BrN4. The van der Waals surface area contributed by atoms with Crippen molar-refractivity contribution in [3.63, 3.8) is 0 Å². The highest BCUT2D eigenvalue weighted by Gasteiger charge is 2.06. The predicted octanol–water partition coefficient (Wildman–Crippen LogP) is 3.90. The Morgan fingerprint density at radius 1 is 1.21 bits per heavy atom. The Balaban J connectivity index is 2.34. The first kappa shape index (κ1) is 13.8. The van der Waals surface area contributed by atoms with E-state index in [-0.39, 0.29) is 0 Å². The molecule has 0 saturated carbocycles. The van der Waals surface area contributed by atoms with Crippen molar-refractivity contribution < 1.29 is 0 Å². The molecule has 1 heterocycles. The molecule has 19 heavy (non-hydrogen) atoms. The number of hydrogen-bond donors (Lipinski definition) is 2. The Labute approximate surface area is 121 Å². The van der Waals surface area contributed by atoms with Crippen molar-refractivity contribution in [1.29, 1.82) is 0 Å². The van der Waals surface area contributed by atoms with Gasteiger partial charge in [0.2, 0.25) is 0 Å². The summed E-state index contributed by atoms with van der Waals surface area (Å²) >= 11 is 3.59. The number of aromatic nitrogens is 2. The number of halogens is 1. The normalized spacial score (nSPS) is 10.3. The second kappa shape index (κ2) is 6.02. The van der Waals surface area contributed by atoms with Gasteiger partial charge in [-0.1, -0.05) is 19.1 Å². The van der Waals surface area contributed by atoms with E-state index in [9.17, 15) is 0 Å². The number of rotatable bonds is 4. The number of benzene rings is 1. The zero-order chi connectivity index (χ0) is 13.8.